The fraction of sp³-hybridized carbons (Fsp3) is 0.462. The maximum Gasteiger partial charge on any atom is 0.251 e. The predicted octanol–water partition coefficient (Wildman–Crippen LogP) is 5.28. The lowest BCUT2D eigenvalue weighted by molar-refractivity contribution is -0.133. The van der Waals surface area contributed by atoms with Crippen molar-refractivity contribution in [3.63, 3.8) is 0 Å². The first kappa shape index (κ1) is 27.5. The molecule has 0 bridgehead atoms. The maximum atomic E-state index is 13.6. The van der Waals surface area contributed by atoms with Crippen molar-refractivity contribution in [2.75, 3.05) is 32.7 Å². The third-order valence-electron chi connectivity index (χ3n) is 6.67. The Kier molecular flexibility index (Phi) is 9.78. The fourth-order valence-corrected chi connectivity index (χ4v) is 5.68. The molecule has 2 aromatic carbocycles. The molecule has 4 rings (SSSR count). The van der Waals surface area contributed by atoms with Crippen LogP contribution in [0.15, 0.2) is 36.4 Å². The molecule has 36 heavy (non-hydrogen) atoms. The van der Waals surface area contributed by atoms with Crippen molar-refractivity contribution in [1.82, 2.24) is 20.4 Å². The lowest BCUT2D eigenvalue weighted by Gasteiger charge is -2.32. The average molecular weight is 572 g/mol. The Labute approximate surface area is 232 Å². The summed E-state index contributed by atoms with van der Waals surface area (Å²) < 4.78 is 0. The number of carbonyl (C=O) groups excluding carboxylic acids is 2. The Bertz CT molecular complexity index is 1070. The highest BCUT2D eigenvalue weighted by Crippen LogP contribution is 2.23. The minimum Gasteiger partial charge on any atom is -0.350 e. The number of rotatable bonds is 7. The monoisotopic (exact) mass is 570 g/mol. The van der Waals surface area contributed by atoms with Gasteiger partial charge in [-0.1, -0.05) is 52.8 Å². The molecule has 194 valence electrons. The molecule has 2 amide bonds. The van der Waals surface area contributed by atoms with Gasteiger partial charge in [0, 0.05) is 47.8 Å². The Morgan fingerprint density at radius 3 is 2.36 bits per heavy atom. The van der Waals surface area contributed by atoms with Crippen molar-refractivity contribution in [1.29, 1.82) is 0 Å². The van der Waals surface area contributed by atoms with Crippen LogP contribution in [0.4, 0.5) is 0 Å². The molecule has 0 unspecified atom stereocenters. The quantitative estimate of drug-likeness (QED) is 0.475. The fourth-order valence-electron chi connectivity index (χ4n) is 4.81. The first-order chi connectivity index (χ1) is 17.3. The number of hydrogen-bond acceptors (Lipinski definition) is 4. The second kappa shape index (κ2) is 12.8. The number of carbonyl (C=O) groups is 2. The van der Waals surface area contributed by atoms with Crippen LogP contribution >= 0.6 is 46.4 Å². The van der Waals surface area contributed by atoms with E-state index in [4.69, 9.17) is 46.4 Å². The lowest BCUT2D eigenvalue weighted by atomic mass is 10.1. The van der Waals surface area contributed by atoms with Crippen LogP contribution in [0.2, 0.25) is 20.1 Å². The predicted molar refractivity (Wildman–Crippen MR) is 146 cm³/mol. The van der Waals surface area contributed by atoms with E-state index >= 15 is 0 Å². The summed E-state index contributed by atoms with van der Waals surface area (Å²) in [6.45, 7) is 4.00. The molecule has 2 saturated heterocycles. The van der Waals surface area contributed by atoms with Crippen LogP contribution in [0.1, 0.15) is 41.6 Å². The van der Waals surface area contributed by atoms with E-state index in [0.717, 1.165) is 31.5 Å². The standard InChI is InChI=1S/C26H30Cl4N4O2/c27-19-10-17(11-20(28)13-19)15-34-9-6-21(14-31-25(35)18-4-5-22(29)23(30)12-18)32-24(26(34)36)16-33-7-2-1-3-8-33/h4-5,10-13,21,24,32H,1-3,6-9,14-16H2,(H,31,35)/t21-,24-/m0/s1. The maximum absolute atomic E-state index is 13.6. The van der Waals surface area contributed by atoms with Crippen molar-refractivity contribution in [2.24, 2.45) is 0 Å². The van der Waals surface area contributed by atoms with Crippen molar-refractivity contribution in [3.8, 4) is 0 Å². The molecule has 10 heteroatoms. The van der Waals surface area contributed by atoms with Crippen LogP contribution in [0.3, 0.4) is 0 Å². The molecular formula is C26H30Cl4N4O2. The number of nitrogens with one attached hydrogen (secondary N) is 2. The number of piperidine rings is 1. The zero-order chi connectivity index (χ0) is 25.7. The molecule has 0 saturated carbocycles. The third kappa shape index (κ3) is 7.50. The van der Waals surface area contributed by atoms with Gasteiger partial charge in [-0.25, -0.2) is 0 Å². The molecule has 2 aliphatic rings. The van der Waals surface area contributed by atoms with Gasteiger partial charge in [-0.2, -0.15) is 0 Å². The molecular weight excluding hydrogens is 542 g/mol. The largest absolute Gasteiger partial charge is 0.350 e. The summed E-state index contributed by atoms with van der Waals surface area (Å²) in [5.41, 5.74) is 1.34. The van der Waals surface area contributed by atoms with Gasteiger partial charge >= 0.3 is 0 Å². The van der Waals surface area contributed by atoms with Gasteiger partial charge in [0.25, 0.3) is 5.91 Å². The van der Waals surface area contributed by atoms with Crippen LogP contribution in [-0.4, -0.2) is 66.4 Å². The van der Waals surface area contributed by atoms with E-state index in [9.17, 15) is 9.59 Å². The van der Waals surface area contributed by atoms with Gasteiger partial charge < -0.3 is 20.4 Å². The highest BCUT2D eigenvalue weighted by Gasteiger charge is 2.32. The van der Waals surface area contributed by atoms with Crippen molar-refractivity contribution >= 4 is 58.2 Å². The van der Waals surface area contributed by atoms with Crippen LogP contribution < -0.4 is 10.6 Å². The van der Waals surface area contributed by atoms with Gasteiger partial charge in [0.15, 0.2) is 0 Å². The Morgan fingerprint density at radius 2 is 1.67 bits per heavy atom. The molecule has 0 radical (unpaired) electrons. The van der Waals surface area contributed by atoms with Crippen LogP contribution in [-0.2, 0) is 11.3 Å². The Hall–Kier alpha value is -1.54. The summed E-state index contributed by atoms with van der Waals surface area (Å²) in [6.07, 6.45) is 4.22. The van der Waals surface area contributed by atoms with Crippen LogP contribution in [0.5, 0.6) is 0 Å². The van der Waals surface area contributed by atoms with Gasteiger partial charge in [-0.05, 0) is 74.3 Å². The number of halogens is 4. The molecule has 2 aliphatic heterocycles. The molecule has 2 fully saturated rings. The smallest absolute Gasteiger partial charge is 0.251 e. The van der Waals surface area contributed by atoms with E-state index in [0.29, 0.717) is 58.3 Å². The number of nitrogens with zero attached hydrogens (tertiary/aromatic N) is 2. The molecule has 2 aromatic rings. The van der Waals surface area contributed by atoms with Gasteiger partial charge in [-0.15, -0.1) is 0 Å². The summed E-state index contributed by atoms with van der Waals surface area (Å²) in [5, 5.41) is 8.34. The van der Waals surface area contributed by atoms with E-state index in [2.05, 4.69) is 15.5 Å². The van der Waals surface area contributed by atoms with Crippen molar-refractivity contribution in [3.05, 3.63) is 67.6 Å². The van der Waals surface area contributed by atoms with Crippen molar-refractivity contribution < 1.29 is 9.59 Å². The van der Waals surface area contributed by atoms with Crippen LogP contribution in [0, 0.1) is 0 Å². The Balaban J connectivity index is 1.45. The second-order valence-corrected chi connectivity index (χ2v) is 11.1. The summed E-state index contributed by atoms with van der Waals surface area (Å²) >= 11 is 24.4. The zero-order valence-electron chi connectivity index (χ0n) is 19.9. The molecule has 2 atom stereocenters. The summed E-state index contributed by atoms with van der Waals surface area (Å²) in [7, 11) is 0. The molecule has 0 spiro atoms. The minimum absolute atomic E-state index is 0.0509. The van der Waals surface area contributed by atoms with E-state index in [-0.39, 0.29) is 23.9 Å². The number of amides is 2. The first-order valence-corrected chi connectivity index (χ1v) is 13.7. The normalized spacial score (nSPS) is 21.3. The Morgan fingerprint density at radius 1 is 0.944 bits per heavy atom. The van der Waals surface area contributed by atoms with E-state index in [1.807, 2.05) is 17.0 Å². The first-order valence-electron chi connectivity index (χ1n) is 12.2. The van der Waals surface area contributed by atoms with Gasteiger partial charge in [0.1, 0.15) is 0 Å². The molecule has 2 N–H and O–H groups in total. The highest BCUT2D eigenvalue weighted by molar-refractivity contribution is 6.42. The molecule has 0 aliphatic carbocycles. The van der Waals surface area contributed by atoms with Gasteiger partial charge in [-0.3, -0.25) is 9.59 Å². The van der Waals surface area contributed by atoms with E-state index in [1.165, 1.54) is 6.42 Å². The molecule has 6 nitrogen and oxygen atoms in total. The van der Waals surface area contributed by atoms with Crippen LogP contribution in [0.25, 0.3) is 0 Å². The van der Waals surface area contributed by atoms with Crippen molar-refractivity contribution in [2.45, 2.75) is 44.3 Å². The third-order valence-corrected chi connectivity index (χ3v) is 7.85. The zero-order valence-corrected chi connectivity index (χ0v) is 22.9. The summed E-state index contributed by atoms with van der Waals surface area (Å²) in [4.78, 5) is 30.6. The number of hydrogen-bond donors (Lipinski definition) is 2. The highest BCUT2D eigenvalue weighted by atomic mass is 35.5. The number of benzene rings is 2. The van der Waals surface area contributed by atoms with E-state index in [1.54, 1.807) is 24.3 Å². The SMILES string of the molecule is O=C(NC[C@@H]1CCN(Cc2cc(Cl)cc(Cl)c2)C(=O)[C@H](CN2CCCCC2)N1)c1ccc(Cl)c(Cl)c1. The summed E-state index contributed by atoms with van der Waals surface area (Å²) in [6, 6.07) is 9.74. The number of likely N-dealkylation sites (tertiary alicyclic amines) is 1. The summed E-state index contributed by atoms with van der Waals surface area (Å²) in [5.74, 6) is -0.182. The molecule has 0 aromatic heterocycles. The minimum atomic E-state index is -0.368. The van der Waals surface area contributed by atoms with Gasteiger partial charge in [0.05, 0.1) is 16.1 Å². The van der Waals surface area contributed by atoms with E-state index < -0.39 is 0 Å². The van der Waals surface area contributed by atoms with Gasteiger partial charge in [0.2, 0.25) is 5.91 Å². The molecule has 2 heterocycles. The second-order valence-electron chi connectivity index (χ2n) is 9.44. The topological polar surface area (TPSA) is 64.7 Å². The lowest BCUT2D eigenvalue weighted by Crippen LogP contribution is -2.54. The average Bonchev–Trinajstić information content (AvgIpc) is 2.98.